The number of benzene rings is 2. The molecule has 2 aromatic carbocycles. The number of carbonyl (C=O) groups is 5. The Morgan fingerprint density at radius 3 is 2.02 bits per heavy atom. The highest BCUT2D eigenvalue weighted by molar-refractivity contribution is 6.01. The van der Waals surface area contributed by atoms with Gasteiger partial charge in [0.2, 0.25) is 11.8 Å². The van der Waals surface area contributed by atoms with Crippen LogP contribution in [-0.4, -0.2) is 90.2 Å². The summed E-state index contributed by atoms with van der Waals surface area (Å²) in [6.07, 6.45) is 2.39. The first-order valence-corrected chi connectivity index (χ1v) is 14.6. The van der Waals surface area contributed by atoms with Gasteiger partial charge in [0.05, 0.1) is 19.1 Å². The molecular weight excluding hydrogens is 552 g/mol. The summed E-state index contributed by atoms with van der Waals surface area (Å²) in [6, 6.07) is 12.2. The van der Waals surface area contributed by atoms with Crippen molar-refractivity contribution in [3.05, 3.63) is 59.7 Å². The summed E-state index contributed by atoms with van der Waals surface area (Å²) < 4.78 is 11.3. The number of likely N-dealkylation sites (N-methyl/N-ethyl adjacent to an activating group) is 1. The minimum Gasteiger partial charge on any atom is -0.457 e. The Labute approximate surface area is 251 Å². The van der Waals surface area contributed by atoms with Gasteiger partial charge in [0.15, 0.2) is 11.6 Å². The summed E-state index contributed by atoms with van der Waals surface area (Å²) in [5.74, 6) is -0.158. The topological polar surface area (TPSA) is 134 Å². The molecule has 0 spiro atoms. The van der Waals surface area contributed by atoms with Crippen LogP contribution in [0.4, 0.5) is 4.79 Å². The molecule has 2 saturated heterocycles. The van der Waals surface area contributed by atoms with Gasteiger partial charge >= 0.3 is 6.09 Å². The lowest BCUT2D eigenvalue weighted by Crippen LogP contribution is -2.48. The molecule has 11 nitrogen and oxygen atoms in total. The number of hydrogen-bond donors (Lipinski definition) is 2. The van der Waals surface area contributed by atoms with E-state index in [1.54, 1.807) is 69.3 Å². The number of carbonyl (C=O) groups excluding carboxylic acids is 5. The van der Waals surface area contributed by atoms with Crippen LogP contribution in [0.5, 0.6) is 11.5 Å². The Morgan fingerprint density at radius 1 is 0.791 bits per heavy atom. The summed E-state index contributed by atoms with van der Waals surface area (Å²) in [7, 11) is 1.90. The highest BCUT2D eigenvalue weighted by atomic mass is 16.6. The van der Waals surface area contributed by atoms with Gasteiger partial charge in [-0.1, -0.05) is 12.1 Å². The van der Waals surface area contributed by atoms with E-state index in [1.807, 2.05) is 11.9 Å². The van der Waals surface area contributed by atoms with Gasteiger partial charge in [-0.25, -0.2) is 4.79 Å². The number of ketones is 2. The molecular formula is C32H40N4O7. The fraction of sp³-hybridized carbons (Fsp3) is 0.469. The Morgan fingerprint density at radius 2 is 1.40 bits per heavy atom. The molecule has 11 heteroatoms. The van der Waals surface area contributed by atoms with Crippen molar-refractivity contribution in [3.8, 4) is 11.5 Å². The van der Waals surface area contributed by atoms with Crippen molar-refractivity contribution in [1.82, 2.24) is 20.4 Å². The lowest BCUT2D eigenvalue weighted by atomic mass is 10.1. The molecule has 0 aliphatic carbocycles. The van der Waals surface area contributed by atoms with Crippen molar-refractivity contribution < 1.29 is 33.4 Å². The number of rotatable bonds is 10. The van der Waals surface area contributed by atoms with E-state index in [0.29, 0.717) is 42.0 Å². The largest absolute Gasteiger partial charge is 0.457 e. The Hall–Kier alpha value is -4.25. The summed E-state index contributed by atoms with van der Waals surface area (Å²) in [6.45, 7) is 6.28. The number of nitrogens with zero attached hydrogens (tertiary/aromatic N) is 2. The molecule has 0 saturated carbocycles. The van der Waals surface area contributed by atoms with Crippen LogP contribution in [0.1, 0.15) is 67.2 Å². The second-order valence-electron chi connectivity index (χ2n) is 11.9. The standard InChI is InChI=1S/C32H40N4O7/c1-32(2,3)43-31(41)36-17-7-11-26(36)30(40)34-19-27(37)21-12-14-23(15-13-21)42-24-9-5-8-22(18-24)28(38)20-33-29(39)25-10-6-16-35(25)4/h5,8-9,12-15,18,25-26H,6-7,10-11,16-17,19-20H2,1-4H3,(H,33,39)(H,34,40). The van der Waals surface area contributed by atoms with Crippen LogP contribution in [0.15, 0.2) is 48.5 Å². The van der Waals surface area contributed by atoms with Crippen molar-refractivity contribution in [2.24, 2.45) is 0 Å². The highest BCUT2D eigenvalue weighted by Crippen LogP contribution is 2.24. The third kappa shape index (κ3) is 8.63. The van der Waals surface area contributed by atoms with E-state index in [2.05, 4.69) is 10.6 Å². The average Bonchev–Trinajstić information content (AvgIpc) is 3.63. The number of Topliss-reactive ketones (excluding diaryl/α,β-unsaturated/α-hetero) is 2. The molecule has 2 N–H and O–H groups in total. The number of likely N-dealkylation sites (tertiary alicyclic amines) is 2. The van der Waals surface area contributed by atoms with Crippen molar-refractivity contribution in [3.63, 3.8) is 0 Å². The van der Waals surface area contributed by atoms with Crippen LogP contribution in [0.2, 0.25) is 0 Å². The third-order valence-corrected chi connectivity index (χ3v) is 7.42. The fourth-order valence-electron chi connectivity index (χ4n) is 5.17. The zero-order chi connectivity index (χ0) is 31.1. The number of ether oxygens (including phenoxy) is 2. The second kappa shape index (κ2) is 13.8. The summed E-state index contributed by atoms with van der Waals surface area (Å²) >= 11 is 0. The summed E-state index contributed by atoms with van der Waals surface area (Å²) in [5, 5.41) is 5.38. The van der Waals surface area contributed by atoms with Gasteiger partial charge in [-0.2, -0.15) is 0 Å². The zero-order valence-electron chi connectivity index (χ0n) is 25.2. The van der Waals surface area contributed by atoms with E-state index in [9.17, 15) is 24.0 Å². The lowest BCUT2D eigenvalue weighted by Gasteiger charge is -2.28. The minimum atomic E-state index is -0.675. The molecule has 0 radical (unpaired) electrons. The molecule has 2 aliphatic rings. The predicted molar refractivity (Wildman–Crippen MR) is 159 cm³/mol. The van der Waals surface area contributed by atoms with E-state index in [1.165, 1.54) is 4.90 Å². The highest BCUT2D eigenvalue weighted by Gasteiger charge is 2.36. The van der Waals surface area contributed by atoms with Crippen molar-refractivity contribution >= 4 is 29.5 Å². The molecule has 2 heterocycles. The average molecular weight is 593 g/mol. The maximum absolute atomic E-state index is 12.8. The number of nitrogens with one attached hydrogen (secondary N) is 2. The van der Waals surface area contributed by atoms with Crippen LogP contribution >= 0.6 is 0 Å². The van der Waals surface area contributed by atoms with E-state index in [-0.39, 0.29) is 36.6 Å². The van der Waals surface area contributed by atoms with E-state index in [4.69, 9.17) is 9.47 Å². The molecule has 230 valence electrons. The molecule has 2 aromatic rings. The normalized spacial score (nSPS) is 18.7. The van der Waals surface area contributed by atoms with E-state index >= 15 is 0 Å². The predicted octanol–water partition coefficient (Wildman–Crippen LogP) is 3.57. The smallest absolute Gasteiger partial charge is 0.410 e. The third-order valence-electron chi connectivity index (χ3n) is 7.42. The molecule has 2 unspecified atom stereocenters. The van der Waals surface area contributed by atoms with Crippen LogP contribution in [0.25, 0.3) is 0 Å². The molecule has 2 atom stereocenters. The van der Waals surface area contributed by atoms with Gasteiger partial charge in [0.1, 0.15) is 23.1 Å². The van der Waals surface area contributed by atoms with Gasteiger partial charge in [0.25, 0.3) is 0 Å². The summed E-state index contributed by atoms with van der Waals surface area (Å²) in [5.41, 5.74) is 0.126. The molecule has 0 aromatic heterocycles. The maximum atomic E-state index is 12.8. The van der Waals surface area contributed by atoms with Crippen LogP contribution in [-0.2, 0) is 14.3 Å². The van der Waals surface area contributed by atoms with Gasteiger partial charge in [-0.05, 0) is 96.4 Å². The monoisotopic (exact) mass is 592 g/mol. The minimum absolute atomic E-state index is 0.0975. The van der Waals surface area contributed by atoms with Gasteiger partial charge in [-0.3, -0.25) is 29.0 Å². The van der Waals surface area contributed by atoms with E-state index < -0.39 is 23.6 Å². The van der Waals surface area contributed by atoms with Crippen LogP contribution in [0.3, 0.4) is 0 Å². The van der Waals surface area contributed by atoms with Crippen molar-refractivity contribution in [2.45, 2.75) is 64.1 Å². The Kier molecular flexibility index (Phi) is 10.2. The summed E-state index contributed by atoms with van der Waals surface area (Å²) in [4.78, 5) is 66.5. The van der Waals surface area contributed by atoms with Gasteiger partial charge < -0.3 is 20.1 Å². The van der Waals surface area contributed by atoms with Crippen molar-refractivity contribution in [1.29, 1.82) is 0 Å². The Balaban J connectivity index is 1.26. The SMILES string of the molecule is CN1CCCC1C(=O)NCC(=O)c1cccc(Oc2ccc(C(=O)CNC(=O)C3CCCN3C(=O)OC(C)(C)C)cc2)c1. The lowest BCUT2D eigenvalue weighted by molar-refractivity contribution is -0.125. The van der Waals surface area contributed by atoms with Crippen LogP contribution in [0, 0.1) is 0 Å². The molecule has 2 fully saturated rings. The molecule has 3 amide bonds. The first-order valence-electron chi connectivity index (χ1n) is 14.6. The van der Waals surface area contributed by atoms with Crippen molar-refractivity contribution in [2.75, 3.05) is 33.2 Å². The first kappa shape index (κ1) is 31.7. The molecule has 43 heavy (non-hydrogen) atoms. The zero-order valence-corrected chi connectivity index (χ0v) is 25.2. The Bertz CT molecular complexity index is 1350. The van der Waals surface area contributed by atoms with Gasteiger partial charge in [0, 0.05) is 17.7 Å². The second-order valence-corrected chi connectivity index (χ2v) is 11.9. The first-order chi connectivity index (χ1) is 20.4. The van der Waals surface area contributed by atoms with Crippen LogP contribution < -0.4 is 15.4 Å². The van der Waals surface area contributed by atoms with E-state index in [0.717, 1.165) is 19.4 Å². The molecule has 4 rings (SSSR count). The quantitative estimate of drug-likeness (QED) is 0.400. The van der Waals surface area contributed by atoms with Gasteiger partial charge in [-0.15, -0.1) is 0 Å². The maximum Gasteiger partial charge on any atom is 0.410 e. The number of hydrogen-bond acceptors (Lipinski definition) is 8. The molecule has 0 bridgehead atoms. The molecule has 2 aliphatic heterocycles. The fourth-order valence-corrected chi connectivity index (χ4v) is 5.17. The number of amides is 3.